The van der Waals surface area contributed by atoms with Crippen LogP contribution in [0.5, 0.6) is 0 Å². The lowest BCUT2D eigenvalue weighted by Gasteiger charge is -2.17. The zero-order valence-electron chi connectivity index (χ0n) is 12.1. The second kappa shape index (κ2) is 5.86. The second-order valence-corrected chi connectivity index (χ2v) is 4.31. The van der Waals surface area contributed by atoms with Crippen LogP contribution < -0.4 is 9.80 Å². The summed E-state index contributed by atoms with van der Waals surface area (Å²) >= 11 is 0. The Labute approximate surface area is 113 Å². The van der Waals surface area contributed by atoms with E-state index in [1.807, 2.05) is 6.20 Å². The topological polar surface area (TPSA) is 60.9 Å². The standard InChI is InChI=1S/C13H22N6/c1-5-18(6-2)12-14-9-10-11(16-12)17-13(15-10)19(7-3)8-4/h9H,5-8H2,1-4H3,(H,14,15,16,17). The Morgan fingerprint density at radius 3 is 2.16 bits per heavy atom. The molecule has 6 heteroatoms. The van der Waals surface area contributed by atoms with E-state index in [1.165, 1.54) is 0 Å². The second-order valence-electron chi connectivity index (χ2n) is 4.31. The quantitative estimate of drug-likeness (QED) is 0.863. The number of imidazole rings is 1. The van der Waals surface area contributed by atoms with Crippen LogP contribution in [0.4, 0.5) is 11.9 Å². The highest BCUT2D eigenvalue weighted by molar-refractivity contribution is 5.73. The summed E-state index contributed by atoms with van der Waals surface area (Å²) in [6, 6.07) is 0. The molecule has 0 saturated carbocycles. The molecule has 0 unspecified atom stereocenters. The van der Waals surface area contributed by atoms with Gasteiger partial charge in [0.25, 0.3) is 0 Å². The summed E-state index contributed by atoms with van der Waals surface area (Å²) in [4.78, 5) is 21.0. The van der Waals surface area contributed by atoms with E-state index < -0.39 is 0 Å². The Kier molecular flexibility index (Phi) is 4.19. The molecule has 19 heavy (non-hydrogen) atoms. The summed E-state index contributed by atoms with van der Waals surface area (Å²) in [6.07, 6.45) is 1.82. The summed E-state index contributed by atoms with van der Waals surface area (Å²) in [7, 11) is 0. The summed E-state index contributed by atoms with van der Waals surface area (Å²) < 4.78 is 0. The normalized spacial score (nSPS) is 10.9. The molecule has 0 atom stereocenters. The van der Waals surface area contributed by atoms with Crippen LogP contribution in [0.1, 0.15) is 27.7 Å². The number of aromatic nitrogens is 4. The monoisotopic (exact) mass is 262 g/mol. The largest absolute Gasteiger partial charge is 0.343 e. The molecule has 0 aliphatic heterocycles. The van der Waals surface area contributed by atoms with Crippen molar-refractivity contribution in [1.29, 1.82) is 0 Å². The van der Waals surface area contributed by atoms with Crippen LogP contribution in [0.2, 0.25) is 0 Å². The molecule has 0 aliphatic carbocycles. The zero-order chi connectivity index (χ0) is 13.8. The third-order valence-electron chi connectivity index (χ3n) is 3.32. The lowest BCUT2D eigenvalue weighted by Crippen LogP contribution is -2.24. The van der Waals surface area contributed by atoms with Gasteiger partial charge in [0.1, 0.15) is 5.52 Å². The molecule has 0 saturated heterocycles. The lowest BCUT2D eigenvalue weighted by atomic mass is 10.5. The number of hydrogen-bond acceptors (Lipinski definition) is 5. The molecule has 2 rings (SSSR count). The third kappa shape index (κ3) is 2.62. The third-order valence-corrected chi connectivity index (χ3v) is 3.32. The van der Waals surface area contributed by atoms with Gasteiger partial charge < -0.3 is 14.8 Å². The molecular formula is C13H22N6. The molecule has 0 bridgehead atoms. The predicted molar refractivity (Wildman–Crippen MR) is 78.8 cm³/mol. The number of rotatable bonds is 6. The van der Waals surface area contributed by atoms with Crippen LogP contribution in [0.3, 0.4) is 0 Å². The molecule has 6 nitrogen and oxygen atoms in total. The lowest BCUT2D eigenvalue weighted by molar-refractivity contribution is 0.824. The molecule has 0 radical (unpaired) electrons. The smallest absolute Gasteiger partial charge is 0.227 e. The molecule has 0 fully saturated rings. The molecular weight excluding hydrogens is 240 g/mol. The van der Waals surface area contributed by atoms with Gasteiger partial charge >= 0.3 is 0 Å². The van der Waals surface area contributed by atoms with Gasteiger partial charge in [-0.05, 0) is 27.7 Å². The van der Waals surface area contributed by atoms with Crippen molar-refractivity contribution in [2.45, 2.75) is 27.7 Å². The van der Waals surface area contributed by atoms with E-state index in [2.05, 4.69) is 57.4 Å². The first-order valence-corrected chi connectivity index (χ1v) is 6.96. The zero-order valence-corrected chi connectivity index (χ0v) is 12.1. The number of fused-ring (bicyclic) bond motifs is 1. The Morgan fingerprint density at radius 1 is 0.947 bits per heavy atom. The maximum absolute atomic E-state index is 4.56. The predicted octanol–water partition coefficient (Wildman–Crippen LogP) is 2.05. The minimum absolute atomic E-state index is 0.735. The number of anilines is 2. The average molecular weight is 262 g/mol. The van der Waals surface area contributed by atoms with Crippen LogP contribution in [0.25, 0.3) is 11.2 Å². The Bertz CT molecular complexity index is 517. The summed E-state index contributed by atoms with van der Waals surface area (Å²) in [6.45, 7) is 12.1. The first-order valence-electron chi connectivity index (χ1n) is 6.96. The van der Waals surface area contributed by atoms with E-state index in [1.54, 1.807) is 0 Å². The van der Waals surface area contributed by atoms with Crippen molar-refractivity contribution in [1.82, 2.24) is 19.9 Å². The van der Waals surface area contributed by atoms with E-state index in [0.717, 1.165) is 49.2 Å². The highest BCUT2D eigenvalue weighted by Crippen LogP contribution is 2.17. The van der Waals surface area contributed by atoms with Gasteiger partial charge in [0.15, 0.2) is 5.65 Å². The number of aromatic amines is 1. The van der Waals surface area contributed by atoms with Crippen molar-refractivity contribution in [3.63, 3.8) is 0 Å². The number of nitrogens with zero attached hydrogens (tertiary/aromatic N) is 5. The fraction of sp³-hybridized carbons (Fsp3) is 0.615. The molecule has 2 heterocycles. The van der Waals surface area contributed by atoms with Gasteiger partial charge in [-0.1, -0.05) is 0 Å². The summed E-state index contributed by atoms with van der Waals surface area (Å²) in [5.41, 5.74) is 1.62. The molecule has 1 N–H and O–H groups in total. The van der Waals surface area contributed by atoms with Crippen molar-refractivity contribution in [2.75, 3.05) is 36.0 Å². The van der Waals surface area contributed by atoms with Crippen molar-refractivity contribution >= 4 is 23.1 Å². The number of H-pyrrole nitrogens is 1. The molecule has 0 spiro atoms. The van der Waals surface area contributed by atoms with Gasteiger partial charge in [-0.25, -0.2) is 4.98 Å². The molecule has 2 aromatic rings. The van der Waals surface area contributed by atoms with E-state index in [4.69, 9.17) is 0 Å². The van der Waals surface area contributed by atoms with Crippen molar-refractivity contribution in [2.24, 2.45) is 0 Å². The highest BCUT2D eigenvalue weighted by Gasteiger charge is 2.12. The fourth-order valence-corrected chi connectivity index (χ4v) is 2.12. The van der Waals surface area contributed by atoms with Gasteiger partial charge in [-0.2, -0.15) is 9.97 Å². The minimum Gasteiger partial charge on any atom is -0.343 e. The van der Waals surface area contributed by atoms with Gasteiger partial charge in [-0.3, -0.25) is 0 Å². The van der Waals surface area contributed by atoms with Gasteiger partial charge in [-0.15, -0.1) is 0 Å². The highest BCUT2D eigenvalue weighted by atomic mass is 15.3. The first-order chi connectivity index (χ1) is 9.23. The number of hydrogen-bond donors (Lipinski definition) is 1. The molecule has 104 valence electrons. The Hall–Kier alpha value is -1.85. The van der Waals surface area contributed by atoms with Crippen LogP contribution in [-0.4, -0.2) is 46.1 Å². The van der Waals surface area contributed by atoms with E-state index in [9.17, 15) is 0 Å². The van der Waals surface area contributed by atoms with E-state index >= 15 is 0 Å². The van der Waals surface area contributed by atoms with Crippen LogP contribution in [0, 0.1) is 0 Å². The Morgan fingerprint density at radius 2 is 1.58 bits per heavy atom. The summed E-state index contributed by atoms with van der Waals surface area (Å²) in [5.74, 6) is 1.61. The minimum atomic E-state index is 0.735. The molecule has 2 aromatic heterocycles. The number of nitrogens with one attached hydrogen (secondary N) is 1. The van der Waals surface area contributed by atoms with Crippen molar-refractivity contribution in [3.8, 4) is 0 Å². The Balaban J connectivity index is 2.38. The maximum atomic E-state index is 4.56. The van der Waals surface area contributed by atoms with Crippen LogP contribution in [0.15, 0.2) is 6.20 Å². The average Bonchev–Trinajstić information content (AvgIpc) is 2.84. The molecule has 0 aromatic carbocycles. The summed E-state index contributed by atoms with van der Waals surface area (Å²) in [5, 5.41) is 0. The van der Waals surface area contributed by atoms with Crippen molar-refractivity contribution in [3.05, 3.63) is 6.20 Å². The first kappa shape index (κ1) is 13.6. The van der Waals surface area contributed by atoms with Gasteiger partial charge in [0.2, 0.25) is 11.9 Å². The SMILES string of the molecule is CCN(CC)c1ncc2[nH]c(N(CC)CC)nc2n1. The van der Waals surface area contributed by atoms with Gasteiger partial charge in [0.05, 0.1) is 6.20 Å². The molecule has 0 aliphatic rings. The van der Waals surface area contributed by atoms with Crippen LogP contribution in [-0.2, 0) is 0 Å². The van der Waals surface area contributed by atoms with Crippen molar-refractivity contribution < 1.29 is 0 Å². The van der Waals surface area contributed by atoms with Crippen LogP contribution >= 0.6 is 0 Å². The maximum Gasteiger partial charge on any atom is 0.227 e. The molecule has 0 amide bonds. The van der Waals surface area contributed by atoms with E-state index in [0.29, 0.717) is 0 Å². The van der Waals surface area contributed by atoms with Gasteiger partial charge in [0, 0.05) is 26.2 Å². The fourth-order valence-electron chi connectivity index (χ4n) is 2.12. The van der Waals surface area contributed by atoms with E-state index in [-0.39, 0.29) is 0 Å².